The second kappa shape index (κ2) is 8.80. The van der Waals surface area contributed by atoms with E-state index in [0.29, 0.717) is 33.3 Å². The molecule has 0 spiro atoms. The van der Waals surface area contributed by atoms with Gasteiger partial charge in [0.1, 0.15) is 0 Å². The zero-order valence-electron chi connectivity index (χ0n) is 16.9. The van der Waals surface area contributed by atoms with Gasteiger partial charge in [-0.2, -0.15) is 4.98 Å². The number of nitrogens with zero attached hydrogens (tertiary/aromatic N) is 3. The van der Waals surface area contributed by atoms with Crippen molar-refractivity contribution in [2.75, 3.05) is 17.9 Å². The Morgan fingerprint density at radius 1 is 1.13 bits per heavy atom. The number of hydrogen-bond acceptors (Lipinski definition) is 8. The third kappa shape index (κ3) is 4.09. The Kier molecular flexibility index (Phi) is 5.74. The standard InChI is InChI=1S/C22H21ClN4O3S/c1-2-3-6-9-31-22-25-21-19(26-27-22)13-7-4-5-8-16(13)24-20(30-21)14-10-17-18(11-15(14)23)29-12-28-17/h4-5,7-8,10-11,20,24H,2-3,6,9,12H2,1H3. The number of benzene rings is 2. The van der Waals surface area contributed by atoms with Gasteiger partial charge in [0.25, 0.3) is 0 Å². The van der Waals surface area contributed by atoms with E-state index in [0.717, 1.165) is 29.0 Å². The van der Waals surface area contributed by atoms with Crippen LogP contribution >= 0.6 is 23.4 Å². The van der Waals surface area contributed by atoms with Gasteiger partial charge in [-0.1, -0.05) is 61.3 Å². The van der Waals surface area contributed by atoms with E-state index in [4.69, 9.17) is 25.8 Å². The first kappa shape index (κ1) is 20.2. The summed E-state index contributed by atoms with van der Waals surface area (Å²) in [5, 5.41) is 13.3. The largest absolute Gasteiger partial charge is 0.454 e. The molecule has 9 heteroatoms. The van der Waals surface area contributed by atoms with E-state index in [1.165, 1.54) is 12.8 Å². The summed E-state index contributed by atoms with van der Waals surface area (Å²) in [7, 11) is 0. The number of ether oxygens (including phenoxy) is 3. The van der Waals surface area contributed by atoms with Crippen molar-refractivity contribution >= 4 is 29.1 Å². The number of para-hydroxylation sites is 1. The minimum absolute atomic E-state index is 0.176. The lowest BCUT2D eigenvalue weighted by molar-refractivity contribution is 0.173. The molecule has 0 amide bonds. The highest BCUT2D eigenvalue weighted by atomic mass is 35.5. The molecule has 0 radical (unpaired) electrons. The summed E-state index contributed by atoms with van der Waals surface area (Å²) in [6, 6.07) is 11.4. The molecular weight excluding hydrogens is 436 g/mol. The average Bonchev–Trinajstić information content (AvgIpc) is 3.16. The molecule has 2 aromatic carbocycles. The lowest BCUT2D eigenvalue weighted by Gasteiger charge is -2.20. The van der Waals surface area contributed by atoms with Crippen LogP contribution in [-0.4, -0.2) is 27.7 Å². The van der Waals surface area contributed by atoms with E-state index >= 15 is 0 Å². The predicted octanol–water partition coefficient (Wildman–Crippen LogP) is 5.71. The fourth-order valence-electron chi connectivity index (χ4n) is 3.50. The SMILES string of the molecule is CCCCCSc1nnc2c(n1)OC(c1cc3c(cc1Cl)OCO3)Nc1ccccc1-2. The van der Waals surface area contributed by atoms with E-state index in [-0.39, 0.29) is 6.79 Å². The monoisotopic (exact) mass is 456 g/mol. The van der Waals surface area contributed by atoms with Gasteiger partial charge in [-0.15, -0.1) is 10.2 Å². The smallest absolute Gasteiger partial charge is 0.247 e. The third-order valence-corrected chi connectivity index (χ3v) is 6.34. The summed E-state index contributed by atoms with van der Waals surface area (Å²) >= 11 is 8.16. The van der Waals surface area contributed by atoms with Gasteiger partial charge in [-0.25, -0.2) is 0 Å². The predicted molar refractivity (Wildman–Crippen MR) is 120 cm³/mol. The molecule has 1 N–H and O–H groups in total. The van der Waals surface area contributed by atoms with E-state index in [9.17, 15) is 0 Å². The van der Waals surface area contributed by atoms with Crippen LogP contribution in [0.3, 0.4) is 0 Å². The van der Waals surface area contributed by atoms with Gasteiger partial charge < -0.3 is 19.5 Å². The van der Waals surface area contributed by atoms with Crippen LogP contribution in [0.15, 0.2) is 41.6 Å². The van der Waals surface area contributed by atoms with Crippen LogP contribution < -0.4 is 19.5 Å². The van der Waals surface area contributed by atoms with Gasteiger partial charge >= 0.3 is 0 Å². The maximum Gasteiger partial charge on any atom is 0.247 e. The first-order valence-electron chi connectivity index (χ1n) is 10.2. The van der Waals surface area contributed by atoms with Gasteiger partial charge in [-0.3, -0.25) is 0 Å². The van der Waals surface area contributed by atoms with E-state index in [1.54, 1.807) is 17.8 Å². The zero-order valence-corrected chi connectivity index (χ0v) is 18.5. The minimum Gasteiger partial charge on any atom is -0.454 e. The van der Waals surface area contributed by atoms with Crippen molar-refractivity contribution < 1.29 is 14.2 Å². The van der Waals surface area contributed by atoms with Gasteiger partial charge in [-0.05, 0) is 18.6 Å². The normalized spacial score (nSPS) is 16.0. The Hall–Kier alpha value is -2.71. The Labute approximate surface area is 189 Å². The second-order valence-electron chi connectivity index (χ2n) is 7.22. The van der Waals surface area contributed by atoms with Crippen molar-refractivity contribution in [2.45, 2.75) is 37.6 Å². The Balaban J connectivity index is 1.52. The van der Waals surface area contributed by atoms with Crippen molar-refractivity contribution in [3.8, 4) is 28.6 Å². The fraction of sp³-hybridized carbons (Fsp3) is 0.318. The summed E-state index contributed by atoms with van der Waals surface area (Å²) < 4.78 is 17.3. The molecule has 1 aromatic heterocycles. The molecule has 0 bridgehead atoms. The van der Waals surface area contributed by atoms with E-state index in [2.05, 4.69) is 27.4 Å². The molecule has 0 aliphatic carbocycles. The molecule has 0 fully saturated rings. The highest BCUT2D eigenvalue weighted by Gasteiger charge is 2.29. The highest BCUT2D eigenvalue weighted by Crippen LogP contribution is 2.44. The highest BCUT2D eigenvalue weighted by molar-refractivity contribution is 7.99. The fourth-order valence-corrected chi connectivity index (χ4v) is 4.53. The Bertz CT molecular complexity index is 1110. The van der Waals surface area contributed by atoms with Crippen LogP contribution in [0, 0.1) is 0 Å². The van der Waals surface area contributed by atoms with Crippen LogP contribution in [0.2, 0.25) is 5.02 Å². The van der Waals surface area contributed by atoms with Crippen LogP contribution in [-0.2, 0) is 0 Å². The summed E-state index contributed by atoms with van der Waals surface area (Å²) in [4.78, 5) is 4.68. The molecule has 1 atom stereocenters. The van der Waals surface area contributed by atoms with Gasteiger partial charge in [0.2, 0.25) is 17.8 Å². The molecule has 2 aliphatic rings. The van der Waals surface area contributed by atoms with Gasteiger partial charge in [0.15, 0.2) is 23.4 Å². The number of halogens is 1. The molecule has 160 valence electrons. The average molecular weight is 457 g/mol. The topological polar surface area (TPSA) is 78.4 Å². The summed E-state index contributed by atoms with van der Waals surface area (Å²) in [6.45, 7) is 2.36. The molecular formula is C22H21ClN4O3S. The minimum atomic E-state index is -0.584. The number of rotatable bonds is 6. The van der Waals surface area contributed by atoms with E-state index in [1.807, 2.05) is 30.3 Å². The first-order valence-corrected chi connectivity index (χ1v) is 11.6. The lowest BCUT2D eigenvalue weighted by Crippen LogP contribution is -2.17. The van der Waals surface area contributed by atoms with Crippen molar-refractivity contribution in [3.63, 3.8) is 0 Å². The van der Waals surface area contributed by atoms with Crippen LogP contribution in [0.5, 0.6) is 17.4 Å². The van der Waals surface area contributed by atoms with Gasteiger partial charge in [0, 0.05) is 28.6 Å². The van der Waals surface area contributed by atoms with Crippen molar-refractivity contribution in [3.05, 3.63) is 47.0 Å². The molecule has 3 heterocycles. The number of hydrogen-bond donors (Lipinski definition) is 1. The maximum atomic E-state index is 6.57. The summed E-state index contributed by atoms with van der Waals surface area (Å²) in [6.07, 6.45) is 2.89. The Morgan fingerprint density at radius 3 is 2.84 bits per heavy atom. The third-order valence-electron chi connectivity index (χ3n) is 5.09. The number of unbranched alkanes of at least 4 members (excludes halogenated alkanes) is 2. The first-order chi connectivity index (χ1) is 15.2. The second-order valence-corrected chi connectivity index (χ2v) is 8.69. The van der Waals surface area contributed by atoms with Crippen molar-refractivity contribution in [1.29, 1.82) is 0 Å². The molecule has 7 nitrogen and oxygen atoms in total. The van der Waals surface area contributed by atoms with E-state index < -0.39 is 6.23 Å². The summed E-state index contributed by atoms with van der Waals surface area (Å²) in [5.74, 6) is 2.62. The molecule has 5 rings (SSSR count). The molecule has 0 saturated carbocycles. The summed E-state index contributed by atoms with van der Waals surface area (Å²) in [5.41, 5.74) is 3.06. The number of aromatic nitrogens is 3. The van der Waals surface area contributed by atoms with Crippen molar-refractivity contribution in [2.24, 2.45) is 0 Å². The van der Waals surface area contributed by atoms with Crippen LogP contribution in [0.4, 0.5) is 5.69 Å². The van der Waals surface area contributed by atoms with Crippen molar-refractivity contribution in [1.82, 2.24) is 15.2 Å². The molecule has 1 unspecified atom stereocenters. The number of nitrogens with one attached hydrogen (secondary N) is 1. The molecule has 31 heavy (non-hydrogen) atoms. The maximum absolute atomic E-state index is 6.57. The quantitative estimate of drug-likeness (QED) is 0.373. The number of thioether (sulfide) groups is 1. The van der Waals surface area contributed by atoms with Crippen LogP contribution in [0.1, 0.15) is 38.0 Å². The molecule has 0 saturated heterocycles. The zero-order chi connectivity index (χ0) is 21.2. The number of fused-ring (bicyclic) bond motifs is 4. The Morgan fingerprint density at radius 2 is 1.97 bits per heavy atom. The van der Waals surface area contributed by atoms with Crippen LogP contribution in [0.25, 0.3) is 11.3 Å². The van der Waals surface area contributed by atoms with Gasteiger partial charge in [0.05, 0.1) is 5.02 Å². The molecule has 3 aromatic rings. The molecule has 2 aliphatic heterocycles. The lowest BCUT2D eigenvalue weighted by atomic mass is 10.1. The number of anilines is 1.